The van der Waals surface area contributed by atoms with Crippen LogP contribution in [0.4, 0.5) is 11.4 Å². The first-order chi connectivity index (χ1) is 19.9. The van der Waals surface area contributed by atoms with Crippen molar-refractivity contribution >= 4 is 23.2 Å². The Labute approximate surface area is 239 Å². The molecule has 0 heterocycles. The van der Waals surface area contributed by atoms with Gasteiger partial charge >= 0.3 is 0 Å². The molecule has 4 aromatic carbocycles. The second kappa shape index (κ2) is 13.7. The first-order valence-corrected chi connectivity index (χ1v) is 13.0. The Balaban J connectivity index is 1.27. The van der Waals surface area contributed by atoms with Gasteiger partial charge in [-0.15, -0.1) is 0 Å². The molecule has 2 unspecified atom stereocenters. The van der Waals surface area contributed by atoms with Crippen LogP contribution in [0, 0.1) is 0 Å². The second-order valence-electron chi connectivity index (χ2n) is 8.95. The van der Waals surface area contributed by atoms with E-state index in [-0.39, 0.29) is 11.8 Å². The molecule has 0 saturated heterocycles. The molecule has 4 rings (SSSR count). The molecule has 2 N–H and O–H groups in total. The topological polar surface area (TPSA) is 104 Å². The average molecular weight is 557 g/mol. The van der Waals surface area contributed by atoms with Crippen LogP contribution in [-0.4, -0.2) is 38.2 Å². The maximum absolute atomic E-state index is 12.6. The lowest BCUT2D eigenvalue weighted by atomic mass is 10.2. The molecule has 0 radical (unpaired) electrons. The summed E-state index contributed by atoms with van der Waals surface area (Å²) in [6.07, 6.45) is -1.48. The lowest BCUT2D eigenvalue weighted by Gasteiger charge is -2.17. The van der Waals surface area contributed by atoms with Crippen LogP contribution >= 0.6 is 0 Å². The predicted molar refractivity (Wildman–Crippen MR) is 156 cm³/mol. The Bertz CT molecular complexity index is 1340. The summed E-state index contributed by atoms with van der Waals surface area (Å²) in [5.74, 6) is 2.64. The molecule has 0 aliphatic rings. The second-order valence-corrected chi connectivity index (χ2v) is 8.95. The fourth-order valence-electron chi connectivity index (χ4n) is 3.76. The maximum atomic E-state index is 12.6. The Kier molecular flexibility index (Phi) is 9.66. The molecule has 0 spiro atoms. The maximum Gasteiger partial charge on any atom is 0.265 e. The number of methoxy groups -OCH3 is 2. The Morgan fingerprint density at radius 1 is 0.537 bits per heavy atom. The smallest absolute Gasteiger partial charge is 0.265 e. The number of benzene rings is 4. The van der Waals surface area contributed by atoms with E-state index in [1.54, 1.807) is 101 Å². The van der Waals surface area contributed by atoms with Crippen molar-refractivity contribution in [2.45, 2.75) is 26.1 Å². The molecule has 41 heavy (non-hydrogen) atoms. The highest BCUT2D eigenvalue weighted by Crippen LogP contribution is 2.29. The third kappa shape index (κ3) is 7.92. The van der Waals surface area contributed by atoms with E-state index in [0.717, 1.165) is 0 Å². The number of hydrogen-bond acceptors (Lipinski definition) is 7. The summed E-state index contributed by atoms with van der Waals surface area (Å²) in [6.45, 7) is 3.33. The van der Waals surface area contributed by atoms with Gasteiger partial charge in [0.05, 0.1) is 14.2 Å². The minimum absolute atomic E-state index is 0.301. The molecule has 2 atom stereocenters. The van der Waals surface area contributed by atoms with E-state index in [0.29, 0.717) is 45.9 Å². The number of para-hydroxylation sites is 4. The van der Waals surface area contributed by atoms with Crippen molar-refractivity contribution in [3.05, 3.63) is 97.1 Å². The zero-order valence-electron chi connectivity index (χ0n) is 23.3. The van der Waals surface area contributed by atoms with Crippen molar-refractivity contribution in [1.29, 1.82) is 0 Å². The van der Waals surface area contributed by atoms with E-state index in [4.69, 9.17) is 23.7 Å². The zero-order chi connectivity index (χ0) is 29.2. The molecular formula is C32H32N2O7. The zero-order valence-corrected chi connectivity index (χ0v) is 23.3. The van der Waals surface area contributed by atoms with E-state index in [9.17, 15) is 9.59 Å². The lowest BCUT2D eigenvalue weighted by molar-refractivity contribution is -0.122. The van der Waals surface area contributed by atoms with Gasteiger partial charge in [-0.05, 0) is 86.6 Å². The van der Waals surface area contributed by atoms with Crippen molar-refractivity contribution in [3.8, 4) is 34.5 Å². The fraction of sp³-hybridized carbons (Fsp3) is 0.188. The number of hydrogen-bond donors (Lipinski definition) is 2. The first kappa shape index (κ1) is 28.8. The molecule has 0 aliphatic carbocycles. The summed E-state index contributed by atoms with van der Waals surface area (Å²) >= 11 is 0. The van der Waals surface area contributed by atoms with Crippen molar-refractivity contribution in [2.24, 2.45) is 0 Å². The van der Waals surface area contributed by atoms with Gasteiger partial charge in [-0.2, -0.15) is 0 Å². The van der Waals surface area contributed by atoms with Gasteiger partial charge in [0.15, 0.2) is 35.2 Å². The van der Waals surface area contributed by atoms with Crippen LogP contribution in [0.5, 0.6) is 34.5 Å². The summed E-state index contributed by atoms with van der Waals surface area (Å²) in [4.78, 5) is 25.2. The molecule has 0 aromatic heterocycles. The van der Waals surface area contributed by atoms with Crippen LogP contribution in [0.3, 0.4) is 0 Å². The largest absolute Gasteiger partial charge is 0.493 e. The van der Waals surface area contributed by atoms with E-state index >= 15 is 0 Å². The highest BCUT2D eigenvalue weighted by atomic mass is 16.5. The lowest BCUT2D eigenvalue weighted by Crippen LogP contribution is -2.30. The molecule has 0 fully saturated rings. The molecule has 0 saturated carbocycles. The minimum Gasteiger partial charge on any atom is -0.493 e. The molecule has 212 valence electrons. The van der Waals surface area contributed by atoms with Crippen LogP contribution in [0.15, 0.2) is 97.1 Å². The van der Waals surface area contributed by atoms with Gasteiger partial charge in [0.1, 0.15) is 11.5 Å². The summed E-state index contributed by atoms with van der Waals surface area (Å²) in [6, 6.07) is 28.2. The third-order valence-corrected chi connectivity index (χ3v) is 5.96. The van der Waals surface area contributed by atoms with E-state index in [1.165, 1.54) is 0 Å². The SMILES string of the molecule is COc1ccccc1OC(C)C(=O)Nc1ccc(Oc2ccc(NC(=O)C(C)Oc3ccccc3OC)cc2)cc1. The van der Waals surface area contributed by atoms with Crippen molar-refractivity contribution < 1.29 is 33.3 Å². The van der Waals surface area contributed by atoms with E-state index in [1.807, 2.05) is 24.3 Å². The predicted octanol–water partition coefficient (Wildman–Crippen LogP) is 6.31. The molecule has 0 bridgehead atoms. The van der Waals surface area contributed by atoms with Gasteiger partial charge in [0.25, 0.3) is 11.8 Å². The molecule has 4 aromatic rings. The molecule has 0 aliphatic heterocycles. The highest BCUT2D eigenvalue weighted by molar-refractivity contribution is 5.94. The Morgan fingerprint density at radius 3 is 1.22 bits per heavy atom. The summed E-state index contributed by atoms with van der Waals surface area (Å²) < 4.78 is 27.9. The number of nitrogens with one attached hydrogen (secondary N) is 2. The van der Waals surface area contributed by atoms with Crippen LogP contribution < -0.4 is 34.3 Å². The summed E-state index contributed by atoms with van der Waals surface area (Å²) in [5, 5.41) is 5.66. The summed E-state index contributed by atoms with van der Waals surface area (Å²) in [7, 11) is 3.09. The van der Waals surface area contributed by atoms with Gasteiger partial charge in [-0.25, -0.2) is 0 Å². The van der Waals surface area contributed by atoms with Gasteiger partial charge in [-0.1, -0.05) is 24.3 Å². The van der Waals surface area contributed by atoms with Crippen LogP contribution in [-0.2, 0) is 9.59 Å². The normalized spacial score (nSPS) is 11.9. The third-order valence-electron chi connectivity index (χ3n) is 5.96. The monoisotopic (exact) mass is 556 g/mol. The Hall–Kier alpha value is -5.18. The number of amides is 2. The van der Waals surface area contributed by atoms with Gasteiger partial charge in [0, 0.05) is 11.4 Å². The molecule has 2 amide bonds. The minimum atomic E-state index is -0.739. The fourth-order valence-corrected chi connectivity index (χ4v) is 3.76. The van der Waals surface area contributed by atoms with Crippen molar-refractivity contribution in [2.75, 3.05) is 24.9 Å². The van der Waals surface area contributed by atoms with Crippen LogP contribution in [0.25, 0.3) is 0 Å². The quantitative estimate of drug-likeness (QED) is 0.211. The molecule has 9 nitrogen and oxygen atoms in total. The summed E-state index contributed by atoms with van der Waals surface area (Å²) in [5.41, 5.74) is 1.20. The van der Waals surface area contributed by atoms with Gasteiger partial charge < -0.3 is 34.3 Å². The van der Waals surface area contributed by atoms with Gasteiger partial charge in [-0.3, -0.25) is 9.59 Å². The van der Waals surface area contributed by atoms with E-state index < -0.39 is 12.2 Å². The van der Waals surface area contributed by atoms with Crippen LogP contribution in [0.1, 0.15) is 13.8 Å². The number of carbonyl (C=O) groups excluding carboxylic acids is 2. The number of rotatable bonds is 12. The molecular weight excluding hydrogens is 524 g/mol. The average Bonchev–Trinajstić information content (AvgIpc) is 2.99. The first-order valence-electron chi connectivity index (χ1n) is 13.0. The van der Waals surface area contributed by atoms with E-state index in [2.05, 4.69) is 10.6 Å². The van der Waals surface area contributed by atoms with Gasteiger partial charge in [0.2, 0.25) is 0 Å². The number of ether oxygens (including phenoxy) is 5. The van der Waals surface area contributed by atoms with Crippen molar-refractivity contribution in [3.63, 3.8) is 0 Å². The Morgan fingerprint density at radius 2 is 0.878 bits per heavy atom. The number of carbonyl (C=O) groups is 2. The highest BCUT2D eigenvalue weighted by Gasteiger charge is 2.18. The molecule has 9 heteroatoms. The van der Waals surface area contributed by atoms with Crippen molar-refractivity contribution in [1.82, 2.24) is 0 Å². The van der Waals surface area contributed by atoms with Crippen LogP contribution in [0.2, 0.25) is 0 Å². The number of anilines is 2. The standard InChI is InChI=1S/C32H32N2O7/c1-21(39-29-11-7-5-9-27(29)37-3)31(35)33-23-13-17-25(18-14-23)41-26-19-15-24(16-20-26)34-32(36)22(2)40-30-12-8-6-10-28(30)38-4/h5-22H,1-4H3,(H,33,35)(H,34,36).